The molecule has 5 aliphatic rings. The fraction of sp³-hybridized carbons (Fsp3) is 0.667. The van der Waals surface area contributed by atoms with Crippen LogP contribution in [0.1, 0.15) is 52.0 Å². The monoisotopic (exact) mass is 504 g/mol. The maximum absolute atomic E-state index is 12.9. The standard InChI is InChI=1S/C27H36O9/c1-15-7-9-19-16(2)24(33-25-27(19)18(15)11-12-26(3,34-25)35-36-27)32-22(28)10-8-17-13-20(29-4)23(31-6)21(14-17)30-5/h8,10,13-16,18-19,24-25H,7,9,11-12H2,1-6H3/b10-8+/t15-,16+,18-,19-,24-,25-,26-,27-/m1/s1. The molecule has 4 heterocycles. The van der Waals surface area contributed by atoms with Crippen molar-refractivity contribution in [1.82, 2.24) is 0 Å². The Bertz CT molecular complexity index is 999. The number of benzene rings is 1. The minimum atomic E-state index is -0.876. The Morgan fingerprint density at radius 2 is 1.72 bits per heavy atom. The van der Waals surface area contributed by atoms with Gasteiger partial charge < -0.3 is 28.4 Å². The molecule has 1 aromatic carbocycles. The van der Waals surface area contributed by atoms with Gasteiger partial charge in [0.15, 0.2) is 23.4 Å². The predicted molar refractivity (Wildman–Crippen MR) is 128 cm³/mol. The van der Waals surface area contributed by atoms with Gasteiger partial charge >= 0.3 is 5.97 Å². The Balaban J connectivity index is 1.34. The number of carbonyl (C=O) groups is 1. The van der Waals surface area contributed by atoms with E-state index >= 15 is 0 Å². The second-order valence-corrected chi connectivity index (χ2v) is 10.5. The van der Waals surface area contributed by atoms with E-state index in [1.165, 1.54) is 6.08 Å². The lowest BCUT2D eigenvalue weighted by atomic mass is 9.58. The first-order valence-electron chi connectivity index (χ1n) is 12.6. The summed E-state index contributed by atoms with van der Waals surface area (Å²) in [5.41, 5.74) is 0.00666. The van der Waals surface area contributed by atoms with Crippen LogP contribution in [0.3, 0.4) is 0 Å². The van der Waals surface area contributed by atoms with E-state index in [1.54, 1.807) is 39.5 Å². The lowest BCUT2D eigenvalue weighted by Gasteiger charge is -2.59. The molecular formula is C27H36O9. The molecular weight excluding hydrogens is 468 g/mol. The Labute approximate surface area is 211 Å². The molecule has 5 fully saturated rings. The number of rotatable bonds is 6. The molecule has 198 valence electrons. The lowest BCUT2D eigenvalue weighted by molar-refractivity contribution is -0.576. The summed E-state index contributed by atoms with van der Waals surface area (Å²) in [6.45, 7) is 6.19. The normalized spacial score (nSPS) is 39.3. The number of methoxy groups -OCH3 is 3. The molecule has 0 amide bonds. The van der Waals surface area contributed by atoms with Crippen LogP contribution in [-0.2, 0) is 28.8 Å². The molecule has 2 bridgehead atoms. The van der Waals surface area contributed by atoms with Gasteiger partial charge in [0.25, 0.3) is 0 Å². The van der Waals surface area contributed by atoms with Gasteiger partial charge in [0.05, 0.1) is 21.3 Å². The Kier molecular flexibility index (Phi) is 6.70. The minimum absolute atomic E-state index is 0.0805. The summed E-state index contributed by atoms with van der Waals surface area (Å²) in [5, 5.41) is 0. The molecule has 9 nitrogen and oxygen atoms in total. The summed E-state index contributed by atoms with van der Waals surface area (Å²) < 4.78 is 34.6. The zero-order valence-electron chi connectivity index (χ0n) is 21.8. The van der Waals surface area contributed by atoms with Crippen molar-refractivity contribution in [2.75, 3.05) is 21.3 Å². The van der Waals surface area contributed by atoms with E-state index < -0.39 is 29.9 Å². The maximum atomic E-state index is 12.9. The SMILES string of the molecule is COc1cc(/C=C/C(=O)O[C@@H]2O[C@@H]3O[C@@]4(C)CC[C@@H]5[C@H](C)CC[C@H]([C@@H]2C)[C@@]35OO4)cc(OC)c1OC. The van der Waals surface area contributed by atoms with Crippen LogP contribution in [0, 0.1) is 23.7 Å². The average Bonchev–Trinajstić information content (AvgIpc) is 3.10. The highest BCUT2D eigenvalue weighted by Crippen LogP contribution is 2.60. The lowest BCUT2D eigenvalue weighted by Crippen LogP contribution is -2.70. The van der Waals surface area contributed by atoms with Crippen molar-refractivity contribution < 1.29 is 43.0 Å². The Hall–Kier alpha value is -2.33. The van der Waals surface area contributed by atoms with Crippen LogP contribution in [0.2, 0.25) is 0 Å². The van der Waals surface area contributed by atoms with E-state index in [2.05, 4.69) is 6.92 Å². The first kappa shape index (κ1) is 25.3. The predicted octanol–water partition coefficient (Wildman–Crippen LogP) is 4.48. The first-order valence-corrected chi connectivity index (χ1v) is 12.6. The van der Waals surface area contributed by atoms with E-state index in [1.807, 2.05) is 13.8 Å². The molecule has 0 unspecified atom stereocenters. The van der Waals surface area contributed by atoms with E-state index in [4.69, 9.17) is 38.2 Å². The Morgan fingerprint density at radius 1 is 1.00 bits per heavy atom. The van der Waals surface area contributed by atoms with Crippen molar-refractivity contribution in [2.45, 2.75) is 70.4 Å². The van der Waals surface area contributed by atoms with Crippen LogP contribution < -0.4 is 14.2 Å². The van der Waals surface area contributed by atoms with Crippen molar-refractivity contribution >= 4 is 12.0 Å². The fourth-order valence-corrected chi connectivity index (χ4v) is 6.52. The molecule has 1 saturated carbocycles. The van der Waals surface area contributed by atoms with Gasteiger partial charge in [0, 0.05) is 24.3 Å². The number of ether oxygens (including phenoxy) is 6. The highest BCUT2D eigenvalue weighted by atomic mass is 17.3. The quantitative estimate of drug-likeness (QED) is 0.316. The summed E-state index contributed by atoms with van der Waals surface area (Å²) >= 11 is 0. The molecule has 1 aliphatic carbocycles. The third-order valence-electron chi connectivity index (χ3n) is 8.43. The third-order valence-corrected chi connectivity index (χ3v) is 8.43. The summed E-state index contributed by atoms with van der Waals surface area (Å²) in [6, 6.07) is 3.51. The average molecular weight is 505 g/mol. The minimum Gasteiger partial charge on any atom is -0.493 e. The van der Waals surface area contributed by atoms with Gasteiger partial charge in [0.1, 0.15) is 0 Å². The van der Waals surface area contributed by atoms with Crippen LogP contribution in [-0.4, -0.2) is 51.3 Å². The van der Waals surface area contributed by atoms with Gasteiger partial charge in [0.2, 0.25) is 17.8 Å². The van der Waals surface area contributed by atoms with Crippen molar-refractivity contribution in [3.05, 3.63) is 23.8 Å². The maximum Gasteiger partial charge on any atom is 0.333 e. The van der Waals surface area contributed by atoms with Gasteiger partial charge in [-0.25, -0.2) is 14.6 Å². The molecule has 8 atom stereocenters. The molecule has 4 saturated heterocycles. The summed E-state index contributed by atoms with van der Waals surface area (Å²) in [5.74, 6) is 0.793. The van der Waals surface area contributed by atoms with Crippen LogP contribution in [0.5, 0.6) is 17.2 Å². The van der Waals surface area contributed by atoms with Gasteiger partial charge in [-0.2, -0.15) is 0 Å². The Morgan fingerprint density at radius 3 is 2.39 bits per heavy atom. The van der Waals surface area contributed by atoms with Crippen LogP contribution in [0.25, 0.3) is 6.08 Å². The topological polar surface area (TPSA) is 90.9 Å². The molecule has 6 rings (SSSR count). The number of hydrogen-bond donors (Lipinski definition) is 0. The molecule has 1 aromatic rings. The van der Waals surface area contributed by atoms with Crippen LogP contribution in [0.4, 0.5) is 0 Å². The number of fused-ring (bicyclic) bond motifs is 2. The summed E-state index contributed by atoms with van der Waals surface area (Å²) in [4.78, 5) is 24.8. The van der Waals surface area contributed by atoms with Crippen molar-refractivity contribution in [1.29, 1.82) is 0 Å². The number of esters is 1. The van der Waals surface area contributed by atoms with Gasteiger partial charge in [-0.15, -0.1) is 0 Å². The van der Waals surface area contributed by atoms with E-state index in [-0.39, 0.29) is 17.8 Å². The highest BCUT2D eigenvalue weighted by Gasteiger charge is 2.69. The fourth-order valence-electron chi connectivity index (χ4n) is 6.52. The van der Waals surface area contributed by atoms with Crippen LogP contribution >= 0.6 is 0 Å². The van der Waals surface area contributed by atoms with Crippen molar-refractivity contribution in [3.63, 3.8) is 0 Å². The zero-order valence-corrected chi connectivity index (χ0v) is 21.8. The third kappa shape index (κ3) is 4.06. The number of carbonyl (C=O) groups excluding carboxylic acids is 1. The van der Waals surface area contributed by atoms with Gasteiger partial charge in [-0.1, -0.05) is 13.8 Å². The molecule has 9 heteroatoms. The molecule has 4 aliphatic heterocycles. The second-order valence-electron chi connectivity index (χ2n) is 10.5. The van der Waals surface area contributed by atoms with Gasteiger partial charge in [-0.05, 0) is 61.8 Å². The highest BCUT2D eigenvalue weighted by molar-refractivity contribution is 5.87. The van der Waals surface area contributed by atoms with Crippen molar-refractivity contribution in [2.24, 2.45) is 23.7 Å². The molecule has 0 aromatic heterocycles. The molecule has 0 N–H and O–H groups in total. The zero-order chi connectivity index (χ0) is 25.7. The molecule has 36 heavy (non-hydrogen) atoms. The van der Waals surface area contributed by atoms with Crippen LogP contribution in [0.15, 0.2) is 18.2 Å². The smallest absolute Gasteiger partial charge is 0.333 e. The number of hydrogen-bond acceptors (Lipinski definition) is 9. The molecule has 0 radical (unpaired) electrons. The van der Waals surface area contributed by atoms with E-state index in [0.717, 1.165) is 25.7 Å². The molecule has 1 spiro atoms. The van der Waals surface area contributed by atoms with E-state index in [0.29, 0.717) is 28.7 Å². The van der Waals surface area contributed by atoms with E-state index in [9.17, 15) is 4.79 Å². The largest absolute Gasteiger partial charge is 0.493 e. The summed E-state index contributed by atoms with van der Waals surface area (Å²) in [6.07, 6.45) is 5.27. The second kappa shape index (κ2) is 9.52. The van der Waals surface area contributed by atoms with Gasteiger partial charge in [-0.3, -0.25) is 0 Å². The first-order chi connectivity index (χ1) is 17.2. The van der Waals surface area contributed by atoms with Crippen molar-refractivity contribution in [3.8, 4) is 17.2 Å². The summed E-state index contributed by atoms with van der Waals surface area (Å²) in [7, 11) is 4.63.